The van der Waals surface area contributed by atoms with Crippen molar-refractivity contribution < 1.29 is 14.7 Å². The minimum absolute atomic E-state index is 0.0149. The maximum Gasteiger partial charge on any atom is 0.255 e. The quantitative estimate of drug-likeness (QED) is 0.264. The van der Waals surface area contributed by atoms with Crippen LogP contribution in [0.5, 0.6) is 0 Å². The van der Waals surface area contributed by atoms with Crippen LogP contribution < -0.4 is 16.0 Å². The SMILES string of the molecule is Cc1ncc(NC(=O)c2cc(C(O)NCC3CC3)cc(C(C)(C)C)c2)cc1C1=CC(C)C(C(=O)NCC(C)(C)C)C=C1. The third kappa shape index (κ3) is 8.39. The molecule has 7 nitrogen and oxygen atoms in total. The Bertz CT molecular complexity index is 1380. The zero-order chi connectivity index (χ0) is 30.8. The van der Waals surface area contributed by atoms with Crippen LogP contribution in [0.4, 0.5) is 5.69 Å². The number of hydrogen-bond acceptors (Lipinski definition) is 5. The van der Waals surface area contributed by atoms with Crippen LogP contribution in [0.15, 0.2) is 48.7 Å². The van der Waals surface area contributed by atoms with Gasteiger partial charge in [-0.05, 0) is 77.3 Å². The van der Waals surface area contributed by atoms with E-state index in [1.165, 1.54) is 12.8 Å². The van der Waals surface area contributed by atoms with Gasteiger partial charge in [-0.15, -0.1) is 0 Å². The Hall–Kier alpha value is -3.29. The second-order valence-electron chi connectivity index (χ2n) is 14.3. The van der Waals surface area contributed by atoms with Crippen LogP contribution in [0, 0.1) is 30.1 Å². The van der Waals surface area contributed by atoms with E-state index < -0.39 is 6.23 Å². The molecule has 1 fully saturated rings. The van der Waals surface area contributed by atoms with Crippen molar-refractivity contribution in [3.8, 4) is 0 Å². The Morgan fingerprint density at radius 2 is 1.79 bits per heavy atom. The van der Waals surface area contributed by atoms with Gasteiger partial charge in [0.1, 0.15) is 6.23 Å². The van der Waals surface area contributed by atoms with E-state index in [2.05, 4.69) is 68.6 Å². The van der Waals surface area contributed by atoms with E-state index in [0.717, 1.165) is 28.9 Å². The standard InChI is InChI=1S/C35H48N4O3/c1-21-13-24(11-12-29(21)33(42)38-20-34(3,4)5)30-17-28(19-36-22(30)2)39-32(41)26-14-25(15-27(16-26)35(6,7)8)31(40)37-18-23-9-10-23/h11-17,19,21,23,29,31,37,40H,9-10,18,20H2,1-8H3,(H,38,42)(H,39,41). The Labute approximate surface area is 251 Å². The molecule has 226 valence electrons. The topological polar surface area (TPSA) is 103 Å². The first-order chi connectivity index (χ1) is 19.6. The summed E-state index contributed by atoms with van der Waals surface area (Å²) in [6.07, 6.45) is 9.26. The summed E-state index contributed by atoms with van der Waals surface area (Å²) < 4.78 is 0. The molecule has 0 radical (unpaired) electrons. The van der Waals surface area contributed by atoms with E-state index in [4.69, 9.17) is 0 Å². The van der Waals surface area contributed by atoms with Crippen molar-refractivity contribution in [3.63, 3.8) is 0 Å². The molecule has 3 unspecified atom stereocenters. The summed E-state index contributed by atoms with van der Waals surface area (Å²) in [7, 11) is 0. The largest absolute Gasteiger partial charge is 0.374 e. The third-order valence-electron chi connectivity index (χ3n) is 7.94. The number of amides is 2. The van der Waals surface area contributed by atoms with Gasteiger partial charge in [0.15, 0.2) is 0 Å². The fourth-order valence-electron chi connectivity index (χ4n) is 4.99. The minimum atomic E-state index is -0.835. The number of aromatic nitrogens is 1. The lowest BCUT2D eigenvalue weighted by Gasteiger charge is -2.25. The van der Waals surface area contributed by atoms with Crippen molar-refractivity contribution in [2.24, 2.45) is 23.2 Å². The molecule has 42 heavy (non-hydrogen) atoms. The molecule has 2 amide bonds. The van der Waals surface area contributed by atoms with Crippen LogP contribution in [0.2, 0.25) is 0 Å². The molecule has 2 aromatic rings. The normalized spacial score (nSPS) is 19.7. The molecule has 1 heterocycles. The summed E-state index contributed by atoms with van der Waals surface area (Å²) in [6, 6.07) is 7.57. The number of aliphatic hydroxyl groups is 1. The van der Waals surface area contributed by atoms with Gasteiger partial charge in [-0.2, -0.15) is 0 Å². The van der Waals surface area contributed by atoms with Crippen molar-refractivity contribution in [2.75, 3.05) is 18.4 Å². The first kappa shape index (κ1) is 31.6. The van der Waals surface area contributed by atoms with Gasteiger partial charge in [-0.3, -0.25) is 19.9 Å². The van der Waals surface area contributed by atoms with Gasteiger partial charge in [0, 0.05) is 29.9 Å². The summed E-state index contributed by atoms with van der Waals surface area (Å²) in [6.45, 7) is 18.0. The molecular formula is C35H48N4O3. The molecule has 1 aromatic heterocycles. The van der Waals surface area contributed by atoms with Gasteiger partial charge in [-0.1, -0.05) is 72.8 Å². The second-order valence-corrected chi connectivity index (χ2v) is 14.3. The van der Waals surface area contributed by atoms with E-state index in [1.807, 2.05) is 44.2 Å². The number of hydrogen-bond donors (Lipinski definition) is 4. The zero-order valence-electron chi connectivity index (χ0n) is 26.5. The molecule has 2 aliphatic rings. The number of nitrogens with zero attached hydrogens (tertiary/aromatic N) is 1. The van der Waals surface area contributed by atoms with E-state index in [9.17, 15) is 14.7 Å². The van der Waals surface area contributed by atoms with Crippen LogP contribution in [-0.4, -0.2) is 35.0 Å². The lowest BCUT2D eigenvalue weighted by Crippen LogP contribution is -2.38. The summed E-state index contributed by atoms with van der Waals surface area (Å²) in [5.41, 5.74) is 5.29. The fourth-order valence-corrected chi connectivity index (χ4v) is 4.99. The maximum atomic E-state index is 13.5. The number of carbonyl (C=O) groups is 2. The molecule has 4 rings (SSSR count). The molecule has 7 heteroatoms. The third-order valence-corrected chi connectivity index (χ3v) is 7.94. The van der Waals surface area contributed by atoms with E-state index in [-0.39, 0.29) is 34.5 Å². The fraction of sp³-hybridized carbons (Fsp3) is 0.514. The van der Waals surface area contributed by atoms with E-state index in [0.29, 0.717) is 29.3 Å². The number of nitrogens with one attached hydrogen (secondary N) is 3. The smallest absolute Gasteiger partial charge is 0.255 e. The van der Waals surface area contributed by atoms with Crippen LogP contribution in [0.3, 0.4) is 0 Å². The van der Waals surface area contributed by atoms with Gasteiger partial charge in [0.25, 0.3) is 5.91 Å². The first-order valence-electron chi connectivity index (χ1n) is 15.1. The number of anilines is 1. The Balaban J connectivity index is 1.52. The van der Waals surface area contributed by atoms with Gasteiger partial charge in [-0.25, -0.2) is 0 Å². The van der Waals surface area contributed by atoms with Gasteiger partial charge < -0.3 is 15.7 Å². The lowest BCUT2D eigenvalue weighted by molar-refractivity contribution is -0.124. The number of rotatable bonds is 9. The number of carbonyl (C=O) groups excluding carboxylic acids is 2. The Kier molecular flexibility index (Phi) is 9.43. The van der Waals surface area contributed by atoms with Gasteiger partial charge in [0.05, 0.1) is 17.8 Å². The number of aryl methyl sites for hydroxylation is 1. The van der Waals surface area contributed by atoms with Crippen molar-refractivity contribution in [3.05, 3.63) is 76.6 Å². The van der Waals surface area contributed by atoms with Crippen LogP contribution in [0.1, 0.15) is 100 Å². The minimum Gasteiger partial charge on any atom is -0.374 e. The predicted octanol–water partition coefficient (Wildman–Crippen LogP) is 6.30. The number of benzene rings is 1. The van der Waals surface area contributed by atoms with Crippen LogP contribution in [-0.2, 0) is 10.2 Å². The Morgan fingerprint density at radius 1 is 1.07 bits per heavy atom. The molecule has 1 aromatic carbocycles. The molecule has 4 N–H and O–H groups in total. The summed E-state index contributed by atoms with van der Waals surface area (Å²) in [4.78, 5) is 30.9. The van der Waals surface area contributed by atoms with Gasteiger partial charge in [0.2, 0.25) is 5.91 Å². The zero-order valence-corrected chi connectivity index (χ0v) is 26.5. The summed E-state index contributed by atoms with van der Waals surface area (Å²) >= 11 is 0. The van der Waals surface area contributed by atoms with Crippen molar-refractivity contribution >= 4 is 23.1 Å². The predicted molar refractivity (Wildman–Crippen MR) is 170 cm³/mol. The molecule has 0 spiro atoms. The van der Waals surface area contributed by atoms with E-state index >= 15 is 0 Å². The van der Waals surface area contributed by atoms with Crippen molar-refractivity contribution in [1.29, 1.82) is 0 Å². The molecule has 0 saturated heterocycles. The van der Waals surface area contributed by atoms with Crippen LogP contribution in [0.25, 0.3) is 5.57 Å². The maximum absolute atomic E-state index is 13.5. The van der Waals surface area contributed by atoms with Crippen LogP contribution >= 0.6 is 0 Å². The number of aliphatic hydroxyl groups excluding tert-OH is 1. The highest BCUT2D eigenvalue weighted by Gasteiger charge is 2.27. The molecule has 3 atom stereocenters. The molecule has 0 aliphatic heterocycles. The van der Waals surface area contributed by atoms with Crippen molar-refractivity contribution in [1.82, 2.24) is 15.6 Å². The second kappa shape index (κ2) is 12.5. The highest BCUT2D eigenvalue weighted by atomic mass is 16.3. The number of allylic oxidation sites excluding steroid dienone is 3. The molecule has 1 saturated carbocycles. The molecular weight excluding hydrogens is 524 g/mol. The first-order valence-corrected chi connectivity index (χ1v) is 15.1. The highest BCUT2D eigenvalue weighted by Crippen LogP contribution is 2.32. The number of pyridine rings is 1. The Morgan fingerprint density at radius 3 is 2.40 bits per heavy atom. The summed E-state index contributed by atoms with van der Waals surface area (Å²) in [5.74, 6) is 0.187. The average Bonchev–Trinajstić information content (AvgIpc) is 3.75. The van der Waals surface area contributed by atoms with Crippen molar-refractivity contribution in [2.45, 2.75) is 79.9 Å². The average molecular weight is 573 g/mol. The highest BCUT2D eigenvalue weighted by molar-refractivity contribution is 6.04. The molecule has 2 aliphatic carbocycles. The van der Waals surface area contributed by atoms with Gasteiger partial charge >= 0.3 is 0 Å². The lowest BCUT2D eigenvalue weighted by atomic mass is 9.84. The summed E-state index contributed by atoms with van der Waals surface area (Å²) in [5, 5.41) is 20.1. The molecule has 0 bridgehead atoms. The van der Waals surface area contributed by atoms with E-state index in [1.54, 1.807) is 12.3 Å². The monoisotopic (exact) mass is 572 g/mol.